The van der Waals surface area contributed by atoms with Crippen molar-refractivity contribution >= 4 is 16.8 Å². The molecular weight excluding hydrogens is 350 g/mol. The largest absolute Gasteiger partial charge is 0.497 e. The van der Waals surface area contributed by atoms with Crippen LogP contribution in [0.5, 0.6) is 5.75 Å². The van der Waals surface area contributed by atoms with Gasteiger partial charge in [-0.15, -0.1) is 0 Å². The smallest absolute Gasteiger partial charge is 0.268 e. The van der Waals surface area contributed by atoms with Gasteiger partial charge in [-0.05, 0) is 53.1 Å². The minimum Gasteiger partial charge on any atom is -0.497 e. The highest BCUT2D eigenvalue weighted by molar-refractivity contribution is 5.99. The third-order valence-electron chi connectivity index (χ3n) is 4.88. The number of hydrogen-bond donors (Lipinski definition) is 1. The van der Waals surface area contributed by atoms with Crippen molar-refractivity contribution < 1.29 is 9.53 Å². The van der Waals surface area contributed by atoms with Crippen molar-refractivity contribution in [1.82, 2.24) is 14.9 Å². The maximum Gasteiger partial charge on any atom is 0.268 e. The highest BCUT2D eigenvalue weighted by Gasteiger charge is 2.14. The fourth-order valence-electron chi connectivity index (χ4n) is 3.33. The third kappa shape index (κ3) is 3.47. The first-order chi connectivity index (χ1) is 13.7. The summed E-state index contributed by atoms with van der Waals surface area (Å²) in [4.78, 5) is 16.8. The third-order valence-corrected chi connectivity index (χ3v) is 4.88. The zero-order chi connectivity index (χ0) is 19.5. The van der Waals surface area contributed by atoms with Crippen LogP contribution in [0.15, 0.2) is 73.1 Å². The summed E-state index contributed by atoms with van der Waals surface area (Å²) in [5.41, 5.74) is 4.83. The number of carbonyl (C=O) groups excluding carboxylic acids is 1. The molecular formula is C23H21N3O2. The molecule has 5 nitrogen and oxygen atoms in total. The highest BCUT2D eigenvalue weighted by atomic mass is 16.5. The Kier molecular flexibility index (Phi) is 4.81. The number of nitrogens with zero attached hydrogens (tertiary/aromatic N) is 2. The van der Waals surface area contributed by atoms with Crippen LogP contribution in [-0.2, 0) is 13.6 Å². The van der Waals surface area contributed by atoms with Crippen molar-refractivity contribution in [1.29, 1.82) is 0 Å². The molecule has 0 fully saturated rings. The van der Waals surface area contributed by atoms with E-state index in [1.165, 1.54) is 0 Å². The molecule has 0 unspecified atom stereocenters. The highest BCUT2D eigenvalue weighted by Crippen LogP contribution is 2.26. The molecule has 4 aromatic rings. The molecule has 0 saturated heterocycles. The van der Waals surface area contributed by atoms with E-state index in [0.29, 0.717) is 12.2 Å². The fourth-order valence-corrected chi connectivity index (χ4v) is 3.33. The number of rotatable bonds is 5. The number of nitrogens with one attached hydrogen (secondary N) is 1. The molecule has 28 heavy (non-hydrogen) atoms. The molecule has 140 valence electrons. The molecule has 0 aliphatic carbocycles. The Morgan fingerprint density at radius 3 is 2.64 bits per heavy atom. The molecule has 0 spiro atoms. The summed E-state index contributed by atoms with van der Waals surface area (Å²) in [6.07, 6.45) is 3.56. The lowest BCUT2D eigenvalue weighted by Crippen LogP contribution is -2.24. The SMILES string of the molecule is COc1cccc(CNC(=O)c2cc3ccc(-c4ccncc4)cc3n2C)c1. The van der Waals surface area contributed by atoms with E-state index in [4.69, 9.17) is 4.74 Å². The zero-order valence-corrected chi connectivity index (χ0v) is 15.8. The quantitative estimate of drug-likeness (QED) is 0.573. The van der Waals surface area contributed by atoms with Gasteiger partial charge < -0.3 is 14.6 Å². The first kappa shape index (κ1) is 17.8. The van der Waals surface area contributed by atoms with E-state index >= 15 is 0 Å². The number of fused-ring (bicyclic) bond motifs is 1. The lowest BCUT2D eigenvalue weighted by molar-refractivity contribution is 0.0943. The zero-order valence-electron chi connectivity index (χ0n) is 15.8. The van der Waals surface area contributed by atoms with E-state index < -0.39 is 0 Å². The Balaban J connectivity index is 1.58. The number of benzene rings is 2. The first-order valence-corrected chi connectivity index (χ1v) is 9.07. The molecule has 1 N–H and O–H groups in total. The molecule has 0 aliphatic rings. The van der Waals surface area contributed by atoms with Crippen LogP contribution in [0.3, 0.4) is 0 Å². The number of amides is 1. The van der Waals surface area contributed by atoms with E-state index in [0.717, 1.165) is 33.3 Å². The second-order valence-corrected chi connectivity index (χ2v) is 6.63. The number of hydrogen-bond acceptors (Lipinski definition) is 3. The molecule has 0 aliphatic heterocycles. The molecule has 0 saturated carbocycles. The van der Waals surface area contributed by atoms with E-state index in [9.17, 15) is 4.79 Å². The monoisotopic (exact) mass is 371 g/mol. The van der Waals surface area contributed by atoms with Crippen molar-refractivity contribution in [2.24, 2.45) is 7.05 Å². The van der Waals surface area contributed by atoms with Crippen molar-refractivity contribution in [2.45, 2.75) is 6.54 Å². The number of aromatic nitrogens is 2. The Hall–Kier alpha value is -3.60. The van der Waals surface area contributed by atoms with E-state index in [1.807, 2.05) is 60.1 Å². The van der Waals surface area contributed by atoms with Gasteiger partial charge in [-0.1, -0.05) is 24.3 Å². The summed E-state index contributed by atoms with van der Waals surface area (Å²) in [6.45, 7) is 0.444. The van der Waals surface area contributed by atoms with Crippen LogP contribution in [0.2, 0.25) is 0 Å². The number of methoxy groups -OCH3 is 1. The first-order valence-electron chi connectivity index (χ1n) is 9.07. The van der Waals surface area contributed by atoms with Crippen LogP contribution >= 0.6 is 0 Å². The Morgan fingerprint density at radius 2 is 1.86 bits per heavy atom. The molecule has 5 heteroatoms. The lowest BCUT2D eigenvalue weighted by atomic mass is 10.1. The van der Waals surface area contributed by atoms with Gasteiger partial charge in [0.2, 0.25) is 0 Å². The predicted molar refractivity (Wildman–Crippen MR) is 110 cm³/mol. The maximum atomic E-state index is 12.7. The Labute approximate surface area is 163 Å². The van der Waals surface area contributed by atoms with Gasteiger partial charge in [-0.25, -0.2) is 0 Å². The molecule has 0 atom stereocenters. The van der Waals surface area contributed by atoms with Crippen molar-refractivity contribution in [3.05, 3.63) is 84.3 Å². The van der Waals surface area contributed by atoms with E-state index in [-0.39, 0.29) is 5.91 Å². The summed E-state index contributed by atoms with van der Waals surface area (Å²) in [7, 11) is 3.55. The summed E-state index contributed by atoms with van der Waals surface area (Å²) in [6, 6.07) is 19.8. The maximum absolute atomic E-state index is 12.7. The van der Waals surface area contributed by atoms with Gasteiger partial charge in [-0.2, -0.15) is 0 Å². The van der Waals surface area contributed by atoms with Gasteiger partial charge in [0.25, 0.3) is 5.91 Å². The number of ether oxygens (including phenoxy) is 1. The van der Waals surface area contributed by atoms with E-state index in [2.05, 4.69) is 22.4 Å². The number of carbonyl (C=O) groups is 1. The van der Waals surface area contributed by atoms with Gasteiger partial charge in [0.1, 0.15) is 11.4 Å². The van der Waals surface area contributed by atoms with Crippen LogP contribution in [0.25, 0.3) is 22.0 Å². The van der Waals surface area contributed by atoms with Gasteiger partial charge in [-0.3, -0.25) is 9.78 Å². The standard InChI is InChI=1S/C23H21N3O2/c1-26-21-13-18(17-8-10-24-11-9-17)6-7-19(21)14-22(26)23(27)25-15-16-4-3-5-20(12-16)28-2/h3-14H,15H2,1-2H3,(H,25,27). The molecule has 2 aromatic carbocycles. The second kappa shape index (κ2) is 7.56. The summed E-state index contributed by atoms with van der Waals surface area (Å²) in [5.74, 6) is 0.673. The predicted octanol–water partition coefficient (Wildman–Crippen LogP) is 4.18. The molecule has 1 amide bonds. The summed E-state index contributed by atoms with van der Waals surface area (Å²) >= 11 is 0. The number of pyridine rings is 1. The van der Waals surface area contributed by atoms with Crippen LogP contribution in [-0.4, -0.2) is 22.6 Å². The average molecular weight is 371 g/mol. The molecule has 2 aromatic heterocycles. The number of aryl methyl sites for hydroxylation is 1. The van der Waals surface area contributed by atoms with Crippen molar-refractivity contribution in [3.63, 3.8) is 0 Å². The van der Waals surface area contributed by atoms with Gasteiger partial charge in [0.05, 0.1) is 7.11 Å². The van der Waals surface area contributed by atoms with Crippen LogP contribution in [0.1, 0.15) is 16.1 Å². The van der Waals surface area contributed by atoms with E-state index in [1.54, 1.807) is 19.5 Å². The van der Waals surface area contributed by atoms with Crippen LogP contribution in [0.4, 0.5) is 0 Å². The Bertz CT molecular complexity index is 1130. The summed E-state index contributed by atoms with van der Waals surface area (Å²) < 4.78 is 7.16. The minimum atomic E-state index is -0.105. The van der Waals surface area contributed by atoms with Gasteiger partial charge in [0.15, 0.2) is 0 Å². The second-order valence-electron chi connectivity index (χ2n) is 6.63. The Morgan fingerprint density at radius 1 is 1.04 bits per heavy atom. The molecule has 4 rings (SSSR count). The molecule has 2 heterocycles. The lowest BCUT2D eigenvalue weighted by Gasteiger charge is -2.08. The molecule has 0 radical (unpaired) electrons. The van der Waals surface area contributed by atoms with Crippen molar-refractivity contribution in [2.75, 3.05) is 7.11 Å². The van der Waals surface area contributed by atoms with Gasteiger partial charge >= 0.3 is 0 Å². The fraction of sp³-hybridized carbons (Fsp3) is 0.130. The van der Waals surface area contributed by atoms with Gasteiger partial charge in [0, 0.05) is 36.9 Å². The van der Waals surface area contributed by atoms with Crippen LogP contribution in [0, 0.1) is 0 Å². The normalized spacial score (nSPS) is 10.8. The topological polar surface area (TPSA) is 56.1 Å². The minimum absolute atomic E-state index is 0.105. The van der Waals surface area contributed by atoms with Crippen LogP contribution < -0.4 is 10.1 Å². The molecule has 0 bridgehead atoms. The average Bonchev–Trinajstić information content (AvgIpc) is 3.09. The summed E-state index contributed by atoms with van der Waals surface area (Å²) in [5, 5.41) is 4.03. The van der Waals surface area contributed by atoms with Crippen molar-refractivity contribution in [3.8, 4) is 16.9 Å².